The lowest BCUT2D eigenvalue weighted by Gasteiger charge is -2.15. The summed E-state index contributed by atoms with van der Waals surface area (Å²) in [5, 5.41) is 13.8. The van der Waals surface area contributed by atoms with Crippen molar-refractivity contribution in [1.82, 2.24) is 4.98 Å². The van der Waals surface area contributed by atoms with Gasteiger partial charge in [-0.05, 0) is 17.7 Å². The van der Waals surface area contributed by atoms with Crippen molar-refractivity contribution in [3.05, 3.63) is 70.4 Å². The Bertz CT molecular complexity index is 502. The number of rotatable bonds is 5. The van der Waals surface area contributed by atoms with E-state index in [0.717, 1.165) is 5.56 Å². The molecule has 0 aliphatic rings. The fraction of sp³-hybridized carbons (Fsp3) is 0.154. The van der Waals surface area contributed by atoms with Crippen LogP contribution in [0.5, 0.6) is 0 Å². The van der Waals surface area contributed by atoms with E-state index in [2.05, 4.69) is 10.3 Å². The van der Waals surface area contributed by atoms with Crippen LogP contribution >= 0.6 is 0 Å². The zero-order chi connectivity index (χ0) is 12.8. The molecule has 5 heteroatoms. The molecule has 1 heterocycles. The molecular weight excluding hydrogens is 230 g/mol. The summed E-state index contributed by atoms with van der Waals surface area (Å²) in [5.74, 6) is 0.633. The van der Waals surface area contributed by atoms with Crippen molar-refractivity contribution in [2.24, 2.45) is 0 Å². The Morgan fingerprint density at radius 2 is 1.89 bits per heavy atom. The lowest BCUT2D eigenvalue weighted by Crippen LogP contribution is -2.20. The van der Waals surface area contributed by atoms with Gasteiger partial charge in [-0.15, -0.1) is 0 Å². The molecule has 0 radical (unpaired) electrons. The number of hydrogen-bond acceptors (Lipinski definition) is 4. The van der Waals surface area contributed by atoms with Crippen LogP contribution in [0.15, 0.2) is 54.7 Å². The van der Waals surface area contributed by atoms with Gasteiger partial charge in [-0.1, -0.05) is 36.4 Å². The molecular formula is C13H13N3O2. The molecule has 1 unspecified atom stereocenters. The zero-order valence-corrected chi connectivity index (χ0v) is 9.69. The predicted octanol–water partition coefficient (Wildman–Crippen LogP) is 2.51. The minimum Gasteiger partial charge on any atom is -0.357 e. The molecule has 0 spiro atoms. The Labute approximate surface area is 105 Å². The van der Waals surface area contributed by atoms with Gasteiger partial charge in [-0.2, -0.15) is 0 Å². The van der Waals surface area contributed by atoms with Gasteiger partial charge in [0.05, 0.1) is 0 Å². The second-order valence-electron chi connectivity index (χ2n) is 3.84. The molecule has 0 amide bonds. The van der Waals surface area contributed by atoms with Crippen LogP contribution in [0.3, 0.4) is 0 Å². The summed E-state index contributed by atoms with van der Waals surface area (Å²) in [7, 11) is 0. The number of nitrogens with one attached hydrogen (secondary N) is 1. The van der Waals surface area contributed by atoms with E-state index in [9.17, 15) is 10.1 Å². The highest BCUT2D eigenvalue weighted by atomic mass is 16.6. The quantitative estimate of drug-likeness (QED) is 0.647. The fourth-order valence-electron chi connectivity index (χ4n) is 1.70. The van der Waals surface area contributed by atoms with Crippen molar-refractivity contribution in [3.8, 4) is 0 Å². The van der Waals surface area contributed by atoms with E-state index >= 15 is 0 Å². The fourth-order valence-corrected chi connectivity index (χ4v) is 1.70. The first kappa shape index (κ1) is 12.0. The third-order valence-corrected chi connectivity index (χ3v) is 2.52. The summed E-state index contributed by atoms with van der Waals surface area (Å²) in [6.07, 6.45) is 1.65. The molecule has 18 heavy (non-hydrogen) atoms. The SMILES string of the molecule is O=[N+]([O-])CC(Nc1ccccn1)c1ccccc1. The third-order valence-electron chi connectivity index (χ3n) is 2.52. The summed E-state index contributed by atoms with van der Waals surface area (Å²) >= 11 is 0. The van der Waals surface area contributed by atoms with Crippen molar-refractivity contribution in [2.75, 3.05) is 11.9 Å². The maximum Gasteiger partial charge on any atom is 0.227 e. The van der Waals surface area contributed by atoms with E-state index in [-0.39, 0.29) is 17.5 Å². The maximum absolute atomic E-state index is 10.7. The smallest absolute Gasteiger partial charge is 0.227 e. The van der Waals surface area contributed by atoms with E-state index in [1.54, 1.807) is 18.3 Å². The molecule has 2 aromatic rings. The number of nitrogens with zero attached hydrogens (tertiary/aromatic N) is 2. The van der Waals surface area contributed by atoms with Gasteiger partial charge in [-0.3, -0.25) is 10.1 Å². The van der Waals surface area contributed by atoms with Gasteiger partial charge < -0.3 is 5.32 Å². The third kappa shape index (κ3) is 3.28. The second-order valence-corrected chi connectivity index (χ2v) is 3.84. The van der Waals surface area contributed by atoms with Crippen LogP contribution < -0.4 is 5.32 Å². The van der Waals surface area contributed by atoms with Crippen molar-refractivity contribution < 1.29 is 4.92 Å². The van der Waals surface area contributed by atoms with Gasteiger partial charge in [0.25, 0.3) is 0 Å². The average molecular weight is 243 g/mol. The van der Waals surface area contributed by atoms with Crippen molar-refractivity contribution >= 4 is 5.82 Å². The van der Waals surface area contributed by atoms with E-state index in [1.165, 1.54) is 0 Å². The minimum absolute atomic E-state index is 0.180. The Morgan fingerprint density at radius 1 is 1.17 bits per heavy atom. The highest BCUT2D eigenvalue weighted by molar-refractivity contribution is 5.37. The highest BCUT2D eigenvalue weighted by Crippen LogP contribution is 2.17. The Hall–Kier alpha value is -2.43. The van der Waals surface area contributed by atoms with Gasteiger partial charge in [-0.25, -0.2) is 4.98 Å². The summed E-state index contributed by atoms with van der Waals surface area (Å²) in [6.45, 7) is -0.180. The summed E-state index contributed by atoms with van der Waals surface area (Å²) in [6, 6.07) is 14.4. The van der Waals surface area contributed by atoms with Crippen LogP contribution in [-0.2, 0) is 0 Å². The Balaban J connectivity index is 2.18. The molecule has 1 aromatic heterocycles. The molecule has 0 bridgehead atoms. The second kappa shape index (κ2) is 5.77. The molecule has 0 fully saturated rings. The molecule has 2 rings (SSSR count). The van der Waals surface area contributed by atoms with Gasteiger partial charge in [0.15, 0.2) is 0 Å². The number of anilines is 1. The molecule has 1 aromatic carbocycles. The molecule has 0 saturated carbocycles. The number of benzene rings is 1. The average Bonchev–Trinajstić information content (AvgIpc) is 2.40. The Morgan fingerprint density at radius 3 is 2.50 bits per heavy atom. The van der Waals surface area contributed by atoms with Crippen LogP contribution in [0, 0.1) is 10.1 Å². The monoisotopic (exact) mass is 243 g/mol. The van der Waals surface area contributed by atoms with E-state index in [1.807, 2.05) is 36.4 Å². The van der Waals surface area contributed by atoms with Gasteiger partial charge in [0, 0.05) is 11.1 Å². The molecule has 0 aliphatic carbocycles. The van der Waals surface area contributed by atoms with Crippen molar-refractivity contribution in [2.45, 2.75) is 6.04 Å². The normalized spacial score (nSPS) is 11.8. The van der Waals surface area contributed by atoms with Crippen LogP contribution in [0.25, 0.3) is 0 Å². The van der Waals surface area contributed by atoms with Crippen molar-refractivity contribution in [3.63, 3.8) is 0 Å². The highest BCUT2D eigenvalue weighted by Gasteiger charge is 2.17. The molecule has 1 N–H and O–H groups in total. The molecule has 5 nitrogen and oxygen atoms in total. The van der Waals surface area contributed by atoms with E-state index in [0.29, 0.717) is 5.82 Å². The standard InChI is InChI=1S/C13H13N3O2/c17-16(18)10-12(11-6-2-1-3-7-11)15-13-8-4-5-9-14-13/h1-9,12H,10H2,(H,14,15). The summed E-state index contributed by atoms with van der Waals surface area (Å²) in [4.78, 5) is 14.5. The van der Waals surface area contributed by atoms with Crippen molar-refractivity contribution in [1.29, 1.82) is 0 Å². The number of hydrogen-bond donors (Lipinski definition) is 1. The Kier molecular flexibility index (Phi) is 3.86. The first-order chi connectivity index (χ1) is 8.75. The maximum atomic E-state index is 10.7. The van der Waals surface area contributed by atoms with Crippen LogP contribution in [0.4, 0.5) is 5.82 Å². The lowest BCUT2D eigenvalue weighted by molar-refractivity contribution is -0.482. The lowest BCUT2D eigenvalue weighted by atomic mass is 10.1. The molecule has 92 valence electrons. The zero-order valence-electron chi connectivity index (χ0n) is 9.69. The first-order valence-corrected chi connectivity index (χ1v) is 5.60. The minimum atomic E-state index is -0.379. The predicted molar refractivity (Wildman–Crippen MR) is 68.9 cm³/mol. The number of nitro groups is 1. The molecule has 1 atom stereocenters. The number of aromatic nitrogens is 1. The largest absolute Gasteiger partial charge is 0.357 e. The van der Waals surface area contributed by atoms with Gasteiger partial charge in [0.2, 0.25) is 6.54 Å². The van der Waals surface area contributed by atoms with Gasteiger partial charge >= 0.3 is 0 Å². The van der Waals surface area contributed by atoms with E-state index < -0.39 is 0 Å². The number of pyridine rings is 1. The van der Waals surface area contributed by atoms with Gasteiger partial charge in [0.1, 0.15) is 11.9 Å². The summed E-state index contributed by atoms with van der Waals surface area (Å²) < 4.78 is 0. The molecule has 0 aliphatic heterocycles. The molecule has 0 saturated heterocycles. The first-order valence-electron chi connectivity index (χ1n) is 5.60. The van der Waals surface area contributed by atoms with E-state index in [4.69, 9.17) is 0 Å². The van der Waals surface area contributed by atoms with Crippen LogP contribution in [0.1, 0.15) is 11.6 Å². The van der Waals surface area contributed by atoms with Crippen LogP contribution in [0.2, 0.25) is 0 Å². The summed E-state index contributed by atoms with van der Waals surface area (Å²) in [5.41, 5.74) is 0.875. The van der Waals surface area contributed by atoms with Crippen LogP contribution in [-0.4, -0.2) is 16.5 Å². The topological polar surface area (TPSA) is 68.1 Å².